The summed E-state index contributed by atoms with van der Waals surface area (Å²) in [7, 11) is 0. The Labute approximate surface area is 127 Å². The summed E-state index contributed by atoms with van der Waals surface area (Å²) in [5.74, 6) is 5.70. The first kappa shape index (κ1) is 14.8. The summed E-state index contributed by atoms with van der Waals surface area (Å²) in [4.78, 5) is 1.27. The maximum atomic E-state index is 6.22. The van der Waals surface area contributed by atoms with E-state index >= 15 is 0 Å². The summed E-state index contributed by atoms with van der Waals surface area (Å²) in [6.07, 6.45) is 1.76. The molecule has 1 aromatic carbocycles. The monoisotopic (exact) mass is 314 g/mol. The molecule has 0 saturated heterocycles. The first-order valence-corrected chi connectivity index (χ1v) is 7.75. The molecule has 0 bridgehead atoms. The minimum absolute atomic E-state index is 0.0774. The molecule has 1 unspecified atom stereocenters. The second-order valence-electron chi connectivity index (χ2n) is 4.32. The van der Waals surface area contributed by atoms with Crippen molar-refractivity contribution in [3.8, 4) is 0 Å². The van der Waals surface area contributed by atoms with Crippen molar-refractivity contribution >= 4 is 34.5 Å². The fourth-order valence-electron chi connectivity index (χ4n) is 2.08. The zero-order valence-corrected chi connectivity index (χ0v) is 12.9. The smallest absolute Gasteiger partial charge is 0.0596 e. The van der Waals surface area contributed by atoms with Crippen LogP contribution < -0.4 is 11.3 Å². The Bertz CT molecular complexity index is 554. The summed E-state index contributed by atoms with van der Waals surface area (Å²) in [5, 5.41) is 3.43. The lowest BCUT2D eigenvalue weighted by atomic mass is 10.0. The van der Waals surface area contributed by atoms with E-state index in [1.807, 2.05) is 12.1 Å². The Morgan fingerprint density at radius 1 is 1.26 bits per heavy atom. The molecule has 5 heteroatoms. The number of thiophene rings is 1. The van der Waals surface area contributed by atoms with Crippen molar-refractivity contribution in [2.75, 3.05) is 0 Å². The van der Waals surface area contributed by atoms with Gasteiger partial charge < -0.3 is 0 Å². The first-order valence-electron chi connectivity index (χ1n) is 6.12. The molecule has 19 heavy (non-hydrogen) atoms. The zero-order chi connectivity index (χ0) is 13.8. The summed E-state index contributed by atoms with van der Waals surface area (Å²) < 4.78 is 0. The van der Waals surface area contributed by atoms with Crippen LogP contribution in [0.3, 0.4) is 0 Å². The third-order valence-electron chi connectivity index (χ3n) is 3.12. The Morgan fingerprint density at radius 2 is 2.05 bits per heavy atom. The second-order valence-corrected chi connectivity index (χ2v) is 6.11. The number of hydrogen-bond donors (Lipinski definition) is 2. The summed E-state index contributed by atoms with van der Waals surface area (Å²) in [5.41, 5.74) is 5.27. The van der Waals surface area contributed by atoms with Crippen LogP contribution in [-0.2, 0) is 12.8 Å². The van der Waals surface area contributed by atoms with Gasteiger partial charge in [0, 0.05) is 14.9 Å². The van der Waals surface area contributed by atoms with Crippen LogP contribution in [0.15, 0.2) is 29.6 Å². The van der Waals surface area contributed by atoms with E-state index in [4.69, 9.17) is 29.0 Å². The molecule has 2 aromatic rings. The van der Waals surface area contributed by atoms with Crippen molar-refractivity contribution in [1.82, 2.24) is 5.43 Å². The van der Waals surface area contributed by atoms with Gasteiger partial charge in [-0.2, -0.15) is 0 Å². The summed E-state index contributed by atoms with van der Waals surface area (Å²) in [6.45, 7) is 2.15. The molecular formula is C14H16Cl2N2S. The van der Waals surface area contributed by atoms with Crippen LogP contribution >= 0.6 is 34.5 Å². The van der Waals surface area contributed by atoms with Gasteiger partial charge in [-0.25, -0.2) is 0 Å². The molecule has 1 heterocycles. The zero-order valence-electron chi connectivity index (χ0n) is 10.6. The highest BCUT2D eigenvalue weighted by Gasteiger charge is 2.16. The van der Waals surface area contributed by atoms with Gasteiger partial charge >= 0.3 is 0 Å². The molecule has 0 saturated carbocycles. The van der Waals surface area contributed by atoms with E-state index in [2.05, 4.69) is 23.8 Å². The van der Waals surface area contributed by atoms with Crippen LogP contribution in [0.4, 0.5) is 0 Å². The molecule has 0 aliphatic rings. The number of halogens is 2. The largest absolute Gasteiger partial charge is 0.271 e. The van der Waals surface area contributed by atoms with Gasteiger partial charge in [-0.05, 0) is 47.5 Å². The van der Waals surface area contributed by atoms with Crippen LogP contribution in [0.1, 0.15) is 29.0 Å². The highest BCUT2D eigenvalue weighted by molar-refractivity contribution is 7.10. The van der Waals surface area contributed by atoms with Crippen molar-refractivity contribution in [1.29, 1.82) is 0 Å². The molecule has 2 nitrogen and oxygen atoms in total. The molecule has 1 atom stereocenters. The number of hydrazine groups is 1. The molecule has 0 spiro atoms. The van der Waals surface area contributed by atoms with Crippen molar-refractivity contribution in [2.45, 2.75) is 25.8 Å². The van der Waals surface area contributed by atoms with Gasteiger partial charge in [-0.1, -0.05) is 36.2 Å². The van der Waals surface area contributed by atoms with E-state index in [1.165, 1.54) is 10.4 Å². The summed E-state index contributed by atoms with van der Waals surface area (Å²) in [6, 6.07) is 7.79. The molecular weight excluding hydrogens is 299 g/mol. The van der Waals surface area contributed by atoms with Gasteiger partial charge in [0.05, 0.1) is 6.04 Å². The first-order chi connectivity index (χ1) is 9.15. The molecule has 2 rings (SSSR count). The normalized spacial score (nSPS) is 12.6. The van der Waals surface area contributed by atoms with E-state index in [0.717, 1.165) is 18.4 Å². The van der Waals surface area contributed by atoms with Crippen LogP contribution in [0.2, 0.25) is 10.0 Å². The molecule has 102 valence electrons. The lowest BCUT2D eigenvalue weighted by Crippen LogP contribution is -2.29. The van der Waals surface area contributed by atoms with E-state index in [1.54, 1.807) is 17.4 Å². The van der Waals surface area contributed by atoms with E-state index in [-0.39, 0.29) is 6.04 Å². The number of nitrogens with one attached hydrogen (secondary N) is 1. The average Bonchev–Trinajstić information content (AvgIpc) is 2.86. The second kappa shape index (κ2) is 6.73. The van der Waals surface area contributed by atoms with E-state index in [9.17, 15) is 0 Å². The van der Waals surface area contributed by atoms with Crippen LogP contribution in [0, 0.1) is 0 Å². The minimum Gasteiger partial charge on any atom is -0.271 e. The molecule has 3 N–H and O–H groups in total. The maximum absolute atomic E-state index is 6.22. The van der Waals surface area contributed by atoms with Gasteiger partial charge in [0.25, 0.3) is 0 Å². The van der Waals surface area contributed by atoms with E-state index in [0.29, 0.717) is 10.0 Å². The van der Waals surface area contributed by atoms with Gasteiger partial charge in [0.15, 0.2) is 0 Å². The SMILES string of the molecule is CCc1ccsc1C(Cc1ccc(Cl)cc1Cl)NN. The summed E-state index contributed by atoms with van der Waals surface area (Å²) >= 11 is 13.9. The number of aryl methyl sites for hydroxylation is 1. The van der Waals surface area contributed by atoms with Crippen molar-refractivity contribution in [2.24, 2.45) is 5.84 Å². The Kier molecular flexibility index (Phi) is 5.25. The van der Waals surface area contributed by atoms with Crippen molar-refractivity contribution < 1.29 is 0 Å². The fourth-order valence-corrected chi connectivity index (χ4v) is 3.62. The quantitative estimate of drug-likeness (QED) is 0.635. The maximum Gasteiger partial charge on any atom is 0.0596 e. The number of benzene rings is 1. The van der Waals surface area contributed by atoms with Gasteiger partial charge in [-0.15, -0.1) is 11.3 Å². The predicted octanol–water partition coefficient (Wildman–Crippen LogP) is 4.36. The average molecular weight is 315 g/mol. The lowest BCUT2D eigenvalue weighted by molar-refractivity contribution is 0.557. The fraction of sp³-hybridized carbons (Fsp3) is 0.286. The third-order valence-corrected chi connectivity index (χ3v) is 4.78. The molecule has 0 aliphatic carbocycles. The number of hydrogen-bond acceptors (Lipinski definition) is 3. The Hall–Kier alpha value is -0.580. The number of rotatable bonds is 5. The highest BCUT2D eigenvalue weighted by Crippen LogP contribution is 2.30. The lowest BCUT2D eigenvalue weighted by Gasteiger charge is -2.17. The third kappa shape index (κ3) is 3.50. The molecule has 1 aromatic heterocycles. The molecule has 0 amide bonds. The molecule has 0 radical (unpaired) electrons. The Morgan fingerprint density at radius 3 is 2.68 bits per heavy atom. The highest BCUT2D eigenvalue weighted by atomic mass is 35.5. The van der Waals surface area contributed by atoms with Gasteiger partial charge in [0.2, 0.25) is 0 Å². The van der Waals surface area contributed by atoms with Crippen molar-refractivity contribution in [3.05, 3.63) is 55.7 Å². The predicted molar refractivity (Wildman–Crippen MR) is 83.9 cm³/mol. The Balaban J connectivity index is 2.24. The van der Waals surface area contributed by atoms with Gasteiger partial charge in [-0.3, -0.25) is 11.3 Å². The molecule has 0 aliphatic heterocycles. The van der Waals surface area contributed by atoms with E-state index < -0.39 is 0 Å². The van der Waals surface area contributed by atoms with Gasteiger partial charge in [0.1, 0.15) is 0 Å². The number of nitrogens with two attached hydrogens (primary N) is 1. The van der Waals surface area contributed by atoms with Crippen LogP contribution in [0.5, 0.6) is 0 Å². The topological polar surface area (TPSA) is 38.0 Å². The molecule has 0 fully saturated rings. The van der Waals surface area contributed by atoms with Crippen LogP contribution in [0.25, 0.3) is 0 Å². The standard InChI is InChI=1S/C14H16Cl2N2S/c1-2-9-5-6-19-14(9)13(18-17)7-10-3-4-11(15)8-12(10)16/h3-6,8,13,18H,2,7,17H2,1H3. The van der Waals surface area contributed by atoms with Crippen LogP contribution in [-0.4, -0.2) is 0 Å². The minimum atomic E-state index is 0.0774. The van der Waals surface area contributed by atoms with Crippen molar-refractivity contribution in [3.63, 3.8) is 0 Å².